The number of amides is 1. The largest absolute Gasteiger partial charge is 0.321 e. The molecule has 70 valence electrons. The third kappa shape index (κ3) is 1.41. The van der Waals surface area contributed by atoms with Gasteiger partial charge in [-0.2, -0.15) is 5.10 Å². The van der Waals surface area contributed by atoms with Crippen LogP contribution in [-0.2, 0) is 4.79 Å². The van der Waals surface area contributed by atoms with Gasteiger partial charge in [-0.1, -0.05) is 0 Å². The van der Waals surface area contributed by atoms with Crippen LogP contribution in [0, 0.1) is 0 Å². The predicted molar refractivity (Wildman–Crippen MR) is 45.7 cm³/mol. The van der Waals surface area contributed by atoms with E-state index in [-0.39, 0.29) is 12.1 Å². The van der Waals surface area contributed by atoms with Crippen molar-refractivity contribution < 1.29 is 4.79 Å². The van der Waals surface area contributed by atoms with Gasteiger partial charge in [-0.25, -0.2) is 9.67 Å². The number of rotatable bonds is 2. The molecular weight excluding hydrogens is 168 g/mol. The van der Waals surface area contributed by atoms with Crippen LogP contribution in [0.25, 0.3) is 0 Å². The lowest BCUT2D eigenvalue weighted by atomic mass is 10.4. The Hall–Kier alpha value is -1.39. The van der Waals surface area contributed by atoms with E-state index in [1.165, 1.54) is 6.33 Å². The molecule has 1 aliphatic rings. The third-order valence-corrected chi connectivity index (χ3v) is 2.38. The summed E-state index contributed by atoms with van der Waals surface area (Å²) in [5.74, 6) is 0.211. The molecule has 1 aromatic rings. The highest BCUT2D eigenvalue weighted by Gasteiger charge is 2.25. The summed E-state index contributed by atoms with van der Waals surface area (Å²) in [5, 5.41) is 4.01. The highest BCUT2D eigenvalue weighted by molar-refractivity contribution is 5.78. The molecule has 2 rings (SSSR count). The second kappa shape index (κ2) is 3.16. The number of nitrogens with zero attached hydrogens (tertiary/aromatic N) is 4. The molecule has 1 atom stereocenters. The monoisotopic (exact) mass is 180 g/mol. The van der Waals surface area contributed by atoms with E-state index in [1.54, 1.807) is 11.0 Å². The van der Waals surface area contributed by atoms with Gasteiger partial charge in [-0.05, 0) is 13.3 Å². The van der Waals surface area contributed by atoms with Crippen LogP contribution >= 0.6 is 0 Å². The summed E-state index contributed by atoms with van der Waals surface area (Å²) < 4.78 is 1.70. The smallest absolute Gasteiger partial charge is 0.224 e. The first-order valence-corrected chi connectivity index (χ1v) is 4.42. The molecule has 0 saturated carbocycles. The molecule has 0 N–H and O–H groups in total. The highest BCUT2D eigenvalue weighted by atomic mass is 16.2. The fourth-order valence-corrected chi connectivity index (χ4v) is 1.62. The second-order valence-corrected chi connectivity index (χ2v) is 3.20. The summed E-state index contributed by atoms with van der Waals surface area (Å²) in [6.07, 6.45) is 4.74. The molecule has 2 heterocycles. The van der Waals surface area contributed by atoms with Crippen molar-refractivity contribution in [2.24, 2.45) is 0 Å². The van der Waals surface area contributed by atoms with Crippen molar-refractivity contribution in [1.29, 1.82) is 0 Å². The van der Waals surface area contributed by atoms with Gasteiger partial charge in [0.15, 0.2) is 0 Å². The van der Waals surface area contributed by atoms with Gasteiger partial charge in [0.05, 0.1) is 0 Å². The van der Waals surface area contributed by atoms with Crippen LogP contribution in [0.5, 0.6) is 0 Å². The number of carbonyl (C=O) groups is 1. The van der Waals surface area contributed by atoms with Crippen LogP contribution in [0.2, 0.25) is 0 Å². The average Bonchev–Trinajstić information content (AvgIpc) is 2.72. The van der Waals surface area contributed by atoms with Crippen molar-refractivity contribution >= 4 is 5.91 Å². The van der Waals surface area contributed by atoms with Crippen LogP contribution in [0.1, 0.15) is 25.9 Å². The number of likely N-dealkylation sites (tertiary alicyclic amines) is 1. The van der Waals surface area contributed by atoms with E-state index in [4.69, 9.17) is 0 Å². The zero-order valence-corrected chi connectivity index (χ0v) is 7.55. The molecule has 1 fully saturated rings. The molecule has 5 nitrogen and oxygen atoms in total. The molecule has 1 unspecified atom stereocenters. The maximum Gasteiger partial charge on any atom is 0.224 e. The molecule has 0 aliphatic carbocycles. The van der Waals surface area contributed by atoms with E-state index in [2.05, 4.69) is 10.1 Å². The van der Waals surface area contributed by atoms with Crippen LogP contribution in [0.3, 0.4) is 0 Å². The summed E-state index contributed by atoms with van der Waals surface area (Å²) in [6, 6.07) is 0. The Morgan fingerprint density at radius 3 is 3.00 bits per heavy atom. The molecule has 1 saturated heterocycles. The summed E-state index contributed by atoms with van der Waals surface area (Å²) in [7, 11) is 0. The normalized spacial score (nSPS) is 19.5. The Morgan fingerprint density at radius 1 is 1.62 bits per heavy atom. The van der Waals surface area contributed by atoms with Crippen LogP contribution < -0.4 is 0 Å². The lowest BCUT2D eigenvalue weighted by Gasteiger charge is -2.23. The zero-order chi connectivity index (χ0) is 9.26. The Balaban J connectivity index is 2.13. The maximum atomic E-state index is 11.4. The van der Waals surface area contributed by atoms with Crippen LogP contribution in [0.15, 0.2) is 12.7 Å². The third-order valence-electron chi connectivity index (χ3n) is 2.38. The molecule has 0 aromatic carbocycles. The van der Waals surface area contributed by atoms with Crippen molar-refractivity contribution in [3.05, 3.63) is 12.7 Å². The molecule has 1 aromatic heterocycles. The summed E-state index contributed by atoms with van der Waals surface area (Å²) in [4.78, 5) is 17.1. The molecule has 1 aliphatic heterocycles. The SMILES string of the molecule is CC(N1CCCC1=O)n1cncn1. The summed E-state index contributed by atoms with van der Waals surface area (Å²) in [5.41, 5.74) is 0. The van der Waals surface area contributed by atoms with Gasteiger partial charge < -0.3 is 4.90 Å². The molecule has 0 radical (unpaired) electrons. The molecular formula is C8H12N4O. The minimum Gasteiger partial charge on any atom is -0.321 e. The first-order valence-electron chi connectivity index (χ1n) is 4.42. The first-order chi connectivity index (χ1) is 6.29. The second-order valence-electron chi connectivity index (χ2n) is 3.20. The zero-order valence-electron chi connectivity index (χ0n) is 7.55. The lowest BCUT2D eigenvalue weighted by Crippen LogP contribution is -2.31. The highest BCUT2D eigenvalue weighted by Crippen LogP contribution is 2.18. The maximum absolute atomic E-state index is 11.4. The van der Waals surface area contributed by atoms with E-state index < -0.39 is 0 Å². The van der Waals surface area contributed by atoms with Crippen LogP contribution in [-0.4, -0.2) is 32.1 Å². The van der Waals surface area contributed by atoms with Crippen molar-refractivity contribution in [1.82, 2.24) is 19.7 Å². The fraction of sp³-hybridized carbons (Fsp3) is 0.625. The van der Waals surface area contributed by atoms with Gasteiger partial charge in [-0.15, -0.1) is 0 Å². The quantitative estimate of drug-likeness (QED) is 0.662. The average molecular weight is 180 g/mol. The summed E-state index contributed by atoms with van der Waals surface area (Å²) >= 11 is 0. The van der Waals surface area contributed by atoms with Crippen molar-refractivity contribution in [3.8, 4) is 0 Å². The van der Waals surface area contributed by atoms with Gasteiger partial charge in [0.1, 0.15) is 18.8 Å². The minimum atomic E-state index is -0.00231. The topological polar surface area (TPSA) is 51.0 Å². The van der Waals surface area contributed by atoms with Crippen molar-refractivity contribution in [2.75, 3.05) is 6.54 Å². The Morgan fingerprint density at radius 2 is 2.46 bits per heavy atom. The fourth-order valence-electron chi connectivity index (χ4n) is 1.62. The van der Waals surface area contributed by atoms with E-state index in [1.807, 2.05) is 11.8 Å². The van der Waals surface area contributed by atoms with Gasteiger partial charge in [0.2, 0.25) is 5.91 Å². The van der Waals surface area contributed by atoms with Gasteiger partial charge in [-0.3, -0.25) is 4.79 Å². The van der Waals surface area contributed by atoms with E-state index in [9.17, 15) is 4.79 Å². The summed E-state index contributed by atoms with van der Waals surface area (Å²) in [6.45, 7) is 2.79. The Kier molecular flexibility index (Phi) is 2.00. The Labute approximate surface area is 76.4 Å². The molecule has 0 spiro atoms. The standard InChI is InChI=1S/C8H12N4O/c1-7(12-6-9-5-10-12)11-4-2-3-8(11)13/h5-7H,2-4H2,1H3. The molecule has 0 bridgehead atoms. The van der Waals surface area contributed by atoms with Crippen molar-refractivity contribution in [3.63, 3.8) is 0 Å². The molecule has 13 heavy (non-hydrogen) atoms. The van der Waals surface area contributed by atoms with E-state index in [0.29, 0.717) is 6.42 Å². The van der Waals surface area contributed by atoms with E-state index in [0.717, 1.165) is 13.0 Å². The Bertz CT molecular complexity index is 295. The first kappa shape index (κ1) is 8.22. The van der Waals surface area contributed by atoms with Crippen LogP contribution in [0.4, 0.5) is 0 Å². The van der Waals surface area contributed by atoms with Gasteiger partial charge >= 0.3 is 0 Å². The van der Waals surface area contributed by atoms with Gasteiger partial charge in [0.25, 0.3) is 0 Å². The number of carbonyl (C=O) groups excluding carboxylic acids is 1. The lowest BCUT2D eigenvalue weighted by molar-refractivity contribution is -0.131. The van der Waals surface area contributed by atoms with Gasteiger partial charge in [0, 0.05) is 13.0 Å². The predicted octanol–water partition coefficient (Wildman–Crippen LogP) is 0.419. The molecule has 1 amide bonds. The van der Waals surface area contributed by atoms with Crippen molar-refractivity contribution in [2.45, 2.75) is 25.9 Å². The number of hydrogen-bond acceptors (Lipinski definition) is 3. The number of aromatic nitrogens is 3. The molecule has 5 heteroatoms. The minimum absolute atomic E-state index is 0.00231. The number of hydrogen-bond donors (Lipinski definition) is 0. The van der Waals surface area contributed by atoms with E-state index >= 15 is 0 Å².